The number of methoxy groups -OCH3 is 1. The number of carbonyl (C=O) groups excluding carboxylic acids is 2. The molecule has 2 rings (SSSR count). The molecule has 1 aromatic heterocycles. The van der Waals surface area contributed by atoms with Crippen LogP contribution in [-0.4, -0.2) is 35.5 Å². The van der Waals surface area contributed by atoms with Crippen molar-refractivity contribution in [2.75, 3.05) is 19.0 Å². The van der Waals surface area contributed by atoms with Gasteiger partial charge in [-0.25, -0.2) is 14.6 Å². The number of esters is 1. The number of para-hydroxylation sites is 1. The summed E-state index contributed by atoms with van der Waals surface area (Å²) in [4.78, 5) is 29.7. The lowest BCUT2D eigenvalue weighted by molar-refractivity contribution is 0.0594. The maximum absolute atomic E-state index is 12.6. The minimum Gasteiger partial charge on any atom is -0.464 e. The van der Waals surface area contributed by atoms with Crippen LogP contribution in [0.3, 0.4) is 0 Å². The summed E-state index contributed by atoms with van der Waals surface area (Å²) in [5, 5.41) is 2.93. The minimum absolute atomic E-state index is 0.0886. The molecule has 7 nitrogen and oxygen atoms in total. The molecular formula is C18H23N3O4. The fourth-order valence-corrected chi connectivity index (χ4v) is 2.41. The monoisotopic (exact) mass is 345 g/mol. The summed E-state index contributed by atoms with van der Waals surface area (Å²) in [6, 6.07) is 7.45. The van der Waals surface area contributed by atoms with Crippen LogP contribution in [0.15, 0.2) is 34.9 Å². The Morgan fingerprint density at radius 2 is 2.04 bits per heavy atom. The number of amides is 2. The van der Waals surface area contributed by atoms with Crippen molar-refractivity contribution in [2.24, 2.45) is 0 Å². The Morgan fingerprint density at radius 1 is 1.28 bits per heavy atom. The first kappa shape index (κ1) is 18.5. The zero-order valence-electron chi connectivity index (χ0n) is 14.7. The van der Waals surface area contributed by atoms with Gasteiger partial charge in [0.15, 0.2) is 5.69 Å². The second kappa shape index (κ2) is 8.86. The molecule has 1 aromatic carbocycles. The number of anilines is 1. The van der Waals surface area contributed by atoms with Crippen LogP contribution in [-0.2, 0) is 17.7 Å². The molecule has 0 saturated heterocycles. The van der Waals surface area contributed by atoms with Gasteiger partial charge < -0.3 is 19.4 Å². The van der Waals surface area contributed by atoms with Gasteiger partial charge in [-0.05, 0) is 24.5 Å². The predicted octanol–water partition coefficient (Wildman–Crippen LogP) is 3.47. The van der Waals surface area contributed by atoms with Gasteiger partial charge in [0.1, 0.15) is 6.26 Å². The van der Waals surface area contributed by atoms with Crippen molar-refractivity contribution in [1.29, 1.82) is 0 Å². The SMILES string of the molecule is CCCN(Cc1nc(C(=O)OC)co1)C(=O)Nc1ccccc1CC. The van der Waals surface area contributed by atoms with Gasteiger partial charge in [0, 0.05) is 12.2 Å². The molecule has 0 aliphatic heterocycles. The largest absolute Gasteiger partial charge is 0.464 e. The number of hydrogen-bond acceptors (Lipinski definition) is 5. The number of nitrogens with zero attached hydrogens (tertiary/aromatic N) is 2. The summed E-state index contributed by atoms with van der Waals surface area (Å²) in [7, 11) is 1.28. The highest BCUT2D eigenvalue weighted by atomic mass is 16.5. The van der Waals surface area contributed by atoms with E-state index in [4.69, 9.17) is 4.42 Å². The zero-order chi connectivity index (χ0) is 18.2. The summed E-state index contributed by atoms with van der Waals surface area (Å²) >= 11 is 0. The van der Waals surface area contributed by atoms with Gasteiger partial charge in [0.2, 0.25) is 5.89 Å². The topological polar surface area (TPSA) is 84.7 Å². The Hall–Kier alpha value is -2.83. The molecule has 0 atom stereocenters. The molecule has 0 fully saturated rings. The number of rotatable bonds is 7. The molecule has 1 N–H and O–H groups in total. The lowest BCUT2D eigenvalue weighted by Crippen LogP contribution is -2.35. The molecular weight excluding hydrogens is 322 g/mol. The van der Waals surface area contributed by atoms with Crippen molar-refractivity contribution in [2.45, 2.75) is 33.2 Å². The molecule has 0 radical (unpaired) electrons. The van der Waals surface area contributed by atoms with E-state index in [1.54, 1.807) is 4.90 Å². The lowest BCUT2D eigenvalue weighted by Gasteiger charge is -2.21. The third kappa shape index (κ3) is 4.82. The van der Waals surface area contributed by atoms with Crippen LogP contribution in [0.5, 0.6) is 0 Å². The number of oxazole rings is 1. The van der Waals surface area contributed by atoms with Crippen molar-refractivity contribution in [3.8, 4) is 0 Å². The maximum atomic E-state index is 12.6. The van der Waals surface area contributed by atoms with Crippen LogP contribution in [0.1, 0.15) is 42.2 Å². The van der Waals surface area contributed by atoms with Crippen molar-refractivity contribution in [3.63, 3.8) is 0 Å². The van der Waals surface area contributed by atoms with Crippen LogP contribution in [0.4, 0.5) is 10.5 Å². The van der Waals surface area contributed by atoms with Gasteiger partial charge in [0.25, 0.3) is 0 Å². The Bertz CT molecular complexity index is 727. The van der Waals surface area contributed by atoms with Crippen molar-refractivity contribution < 1.29 is 18.7 Å². The van der Waals surface area contributed by atoms with Gasteiger partial charge in [-0.2, -0.15) is 0 Å². The fraction of sp³-hybridized carbons (Fsp3) is 0.389. The molecule has 2 amide bonds. The van der Waals surface area contributed by atoms with Crippen molar-refractivity contribution in [1.82, 2.24) is 9.88 Å². The molecule has 2 aromatic rings. The molecule has 134 valence electrons. The molecule has 0 saturated carbocycles. The summed E-state index contributed by atoms with van der Waals surface area (Å²) in [6.45, 7) is 4.73. The third-order valence-electron chi connectivity index (χ3n) is 3.69. The van der Waals surface area contributed by atoms with E-state index in [2.05, 4.69) is 15.0 Å². The van der Waals surface area contributed by atoms with Crippen LogP contribution in [0.2, 0.25) is 0 Å². The molecule has 25 heavy (non-hydrogen) atoms. The number of aryl methyl sites for hydroxylation is 1. The maximum Gasteiger partial charge on any atom is 0.360 e. The van der Waals surface area contributed by atoms with Gasteiger partial charge >= 0.3 is 12.0 Å². The summed E-state index contributed by atoms with van der Waals surface area (Å²) in [6.07, 6.45) is 2.84. The molecule has 0 aliphatic rings. The van der Waals surface area contributed by atoms with Crippen molar-refractivity contribution in [3.05, 3.63) is 47.7 Å². The van der Waals surface area contributed by atoms with Gasteiger partial charge in [-0.15, -0.1) is 0 Å². The van der Waals surface area contributed by atoms with Crippen LogP contribution >= 0.6 is 0 Å². The first-order valence-corrected chi connectivity index (χ1v) is 8.25. The first-order valence-electron chi connectivity index (χ1n) is 8.25. The Kier molecular flexibility index (Phi) is 6.56. The van der Waals surface area contributed by atoms with E-state index in [0.29, 0.717) is 6.54 Å². The molecule has 0 aliphatic carbocycles. The highest BCUT2D eigenvalue weighted by molar-refractivity contribution is 5.90. The van der Waals surface area contributed by atoms with Gasteiger partial charge in [0.05, 0.1) is 13.7 Å². The Labute approximate surface area is 147 Å². The Balaban J connectivity index is 2.10. The van der Waals surface area contributed by atoms with E-state index in [9.17, 15) is 9.59 Å². The highest BCUT2D eigenvalue weighted by Crippen LogP contribution is 2.17. The standard InChI is InChI=1S/C18H23N3O4/c1-4-10-21(11-16-19-15(12-25-16)17(22)24-3)18(23)20-14-9-7-6-8-13(14)5-2/h6-9,12H,4-5,10-11H2,1-3H3,(H,20,23). The Morgan fingerprint density at radius 3 is 2.72 bits per heavy atom. The average molecular weight is 345 g/mol. The second-order valence-electron chi connectivity index (χ2n) is 5.48. The summed E-state index contributed by atoms with van der Waals surface area (Å²) in [5.41, 5.74) is 1.95. The summed E-state index contributed by atoms with van der Waals surface area (Å²) in [5.74, 6) is -0.286. The predicted molar refractivity (Wildman–Crippen MR) is 93.4 cm³/mol. The quantitative estimate of drug-likeness (QED) is 0.777. The molecule has 0 unspecified atom stereocenters. The number of aromatic nitrogens is 1. The minimum atomic E-state index is -0.571. The van der Waals surface area contributed by atoms with Crippen LogP contribution in [0, 0.1) is 0 Å². The van der Waals surface area contributed by atoms with Crippen LogP contribution in [0.25, 0.3) is 0 Å². The normalized spacial score (nSPS) is 10.4. The van der Waals surface area contributed by atoms with E-state index in [-0.39, 0.29) is 24.2 Å². The van der Waals surface area contributed by atoms with Gasteiger partial charge in [-0.3, -0.25) is 0 Å². The second-order valence-corrected chi connectivity index (χ2v) is 5.48. The molecule has 7 heteroatoms. The summed E-state index contributed by atoms with van der Waals surface area (Å²) < 4.78 is 9.88. The number of nitrogens with one attached hydrogen (secondary N) is 1. The number of carbonyl (C=O) groups is 2. The third-order valence-corrected chi connectivity index (χ3v) is 3.69. The average Bonchev–Trinajstić information content (AvgIpc) is 3.09. The number of hydrogen-bond donors (Lipinski definition) is 1. The molecule has 1 heterocycles. The van der Waals surface area contributed by atoms with Crippen molar-refractivity contribution >= 4 is 17.7 Å². The smallest absolute Gasteiger partial charge is 0.360 e. The van der Waals surface area contributed by atoms with E-state index >= 15 is 0 Å². The number of ether oxygens (including phenoxy) is 1. The number of benzene rings is 1. The lowest BCUT2D eigenvalue weighted by atomic mass is 10.1. The first-order chi connectivity index (χ1) is 12.1. The van der Waals surface area contributed by atoms with E-state index in [1.807, 2.05) is 38.1 Å². The van der Waals surface area contributed by atoms with E-state index in [0.717, 1.165) is 24.1 Å². The van der Waals surface area contributed by atoms with E-state index < -0.39 is 5.97 Å². The zero-order valence-corrected chi connectivity index (χ0v) is 14.7. The van der Waals surface area contributed by atoms with Gasteiger partial charge in [-0.1, -0.05) is 32.0 Å². The number of urea groups is 1. The molecule has 0 spiro atoms. The highest BCUT2D eigenvalue weighted by Gasteiger charge is 2.19. The van der Waals surface area contributed by atoms with E-state index in [1.165, 1.54) is 13.4 Å². The van der Waals surface area contributed by atoms with Crippen LogP contribution < -0.4 is 5.32 Å². The fourth-order valence-electron chi connectivity index (χ4n) is 2.41. The molecule has 0 bridgehead atoms.